The Bertz CT molecular complexity index is 1570. The van der Waals surface area contributed by atoms with Crippen LogP contribution in [0.25, 0.3) is 11.8 Å². The van der Waals surface area contributed by atoms with Gasteiger partial charge in [0.1, 0.15) is 17.2 Å². The fraction of sp³-hybridized carbons (Fsp3) is 0.219. The zero-order valence-electron chi connectivity index (χ0n) is 22.5. The Morgan fingerprint density at radius 3 is 2.07 bits per heavy atom. The molecule has 0 spiro atoms. The summed E-state index contributed by atoms with van der Waals surface area (Å²) >= 11 is 1.53. The van der Waals surface area contributed by atoms with Gasteiger partial charge in [-0.2, -0.15) is 17.6 Å². The fourth-order valence-electron chi connectivity index (χ4n) is 5.47. The van der Waals surface area contributed by atoms with Gasteiger partial charge in [-0.25, -0.2) is 4.99 Å². The van der Waals surface area contributed by atoms with Crippen LogP contribution in [0.2, 0.25) is 0 Å². The molecule has 0 saturated carbocycles. The quantitative estimate of drug-likeness (QED) is 0.244. The lowest BCUT2D eigenvalue weighted by Gasteiger charge is -2.40. The maximum absolute atomic E-state index is 12.8. The van der Waals surface area contributed by atoms with E-state index in [0.717, 1.165) is 69.4 Å². The van der Waals surface area contributed by atoms with Crippen LogP contribution in [-0.2, 0) is 0 Å². The Hall–Kier alpha value is -4.18. The molecule has 10 heteroatoms. The highest BCUT2D eigenvalue weighted by molar-refractivity contribution is 8.16. The number of thioether (sulfide) groups is 1. The number of alkyl halides is 4. The van der Waals surface area contributed by atoms with Gasteiger partial charge in [0.2, 0.25) is 0 Å². The highest BCUT2D eigenvalue weighted by Gasteiger charge is 2.40. The minimum Gasteiger partial charge on any atom is -0.497 e. The van der Waals surface area contributed by atoms with Gasteiger partial charge in [0, 0.05) is 5.41 Å². The van der Waals surface area contributed by atoms with Gasteiger partial charge < -0.3 is 19.1 Å². The lowest BCUT2D eigenvalue weighted by Crippen LogP contribution is -2.34. The van der Waals surface area contributed by atoms with Gasteiger partial charge in [-0.1, -0.05) is 36.0 Å². The van der Waals surface area contributed by atoms with Crippen molar-refractivity contribution in [1.82, 2.24) is 4.90 Å². The molecule has 0 bridgehead atoms. The molecular weight excluding hydrogens is 568 g/mol. The number of ether oxygens (including phenoxy) is 3. The molecule has 42 heavy (non-hydrogen) atoms. The summed E-state index contributed by atoms with van der Waals surface area (Å²) < 4.78 is 65.3. The van der Waals surface area contributed by atoms with Crippen LogP contribution in [0, 0.1) is 0 Å². The Balaban J connectivity index is 1.41. The summed E-state index contributed by atoms with van der Waals surface area (Å²) in [5.74, 6) is 0.950. The average Bonchev–Trinajstić information content (AvgIpc) is 3.41. The van der Waals surface area contributed by atoms with E-state index in [1.807, 2.05) is 42.5 Å². The molecule has 3 aromatic rings. The van der Waals surface area contributed by atoms with Gasteiger partial charge in [-0.3, -0.25) is 0 Å². The molecule has 2 aliphatic heterocycles. The van der Waals surface area contributed by atoms with Gasteiger partial charge in [-0.15, -0.1) is 0 Å². The van der Waals surface area contributed by atoms with Crippen LogP contribution in [0.4, 0.5) is 17.6 Å². The fourth-order valence-corrected chi connectivity index (χ4v) is 6.39. The molecule has 6 rings (SSSR count). The van der Waals surface area contributed by atoms with E-state index in [9.17, 15) is 17.6 Å². The van der Waals surface area contributed by atoms with Crippen LogP contribution in [0.3, 0.4) is 0 Å². The van der Waals surface area contributed by atoms with Gasteiger partial charge in [-0.05, 0) is 102 Å². The average molecular weight is 595 g/mol. The van der Waals surface area contributed by atoms with E-state index < -0.39 is 13.2 Å². The Kier molecular flexibility index (Phi) is 7.97. The predicted octanol–water partition coefficient (Wildman–Crippen LogP) is 8.88. The molecule has 2 heterocycles. The van der Waals surface area contributed by atoms with E-state index in [4.69, 9.17) is 9.73 Å². The molecule has 1 atom stereocenters. The summed E-state index contributed by atoms with van der Waals surface area (Å²) in [6.07, 6.45) is 4.55. The van der Waals surface area contributed by atoms with E-state index in [0.29, 0.717) is 0 Å². The number of fused-ring (bicyclic) bond motifs is 1. The number of hydrogen-bond donors (Lipinski definition) is 0. The second-order valence-corrected chi connectivity index (χ2v) is 10.6. The molecule has 0 fully saturated rings. The number of rotatable bonds is 8. The monoisotopic (exact) mass is 594 g/mol. The van der Waals surface area contributed by atoms with Crippen molar-refractivity contribution < 1.29 is 31.8 Å². The molecule has 0 N–H and O–H groups in total. The summed E-state index contributed by atoms with van der Waals surface area (Å²) in [6.45, 7) is -5.78. The highest BCUT2D eigenvalue weighted by atomic mass is 32.2. The summed E-state index contributed by atoms with van der Waals surface area (Å²) in [7, 11) is 1.63. The second-order valence-electron chi connectivity index (χ2n) is 9.81. The second kappa shape index (κ2) is 12.0. The molecule has 5 nitrogen and oxygen atoms in total. The van der Waals surface area contributed by atoms with Crippen molar-refractivity contribution in [3.63, 3.8) is 0 Å². The first-order valence-electron chi connectivity index (χ1n) is 13.3. The lowest BCUT2D eigenvalue weighted by atomic mass is 9.82. The predicted molar refractivity (Wildman–Crippen MR) is 156 cm³/mol. The van der Waals surface area contributed by atoms with Crippen molar-refractivity contribution in [2.24, 2.45) is 4.99 Å². The van der Waals surface area contributed by atoms with Gasteiger partial charge in [0.25, 0.3) is 0 Å². The lowest BCUT2D eigenvalue weighted by molar-refractivity contribution is -0.0505. The Morgan fingerprint density at radius 1 is 0.833 bits per heavy atom. The van der Waals surface area contributed by atoms with Crippen LogP contribution in [0.1, 0.15) is 42.0 Å². The number of hydrogen-bond acceptors (Lipinski definition) is 6. The molecule has 0 unspecified atom stereocenters. The number of nitrogens with zero attached hydrogens (tertiary/aromatic N) is 2. The van der Waals surface area contributed by atoms with E-state index in [-0.39, 0.29) is 17.5 Å². The van der Waals surface area contributed by atoms with Crippen LogP contribution in [0.5, 0.6) is 17.2 Å². The van der Waals surface area contributed by atoms with Crippen LogP contribution >= 0.6 is 11.8 Å². The Labute approximate surface area is 244 Å². The number of methoxy groups -OCH3 is 1. The van der Waals surface area contributed by atoms with Crippen molar-refractivity contribution in [3.8, 4) is 17.2 Å². The zero-order chi connectivity index (χ0) is 29.2. The highest BCUT2D eigenvalue weighted by Crippen LogP contribution is 2.51. The molecule has 0 aromatic heterocycles. The Morgan fingerprint density at radius 2 is 1.45 bits per heavy atom. The van der Waals surface area contributed by atoms with Crippen molar-refractivity contribution in [2.75, 3.05) is 7.11 Å². The number of halogens is 4. The van der Waals surface area contributed by atoms with E-state index in [1.165, 1.54) is 23.9 Å². The number of allylic oxidation sites excluding steroid dienone is 1. The largest absolute Gasteiger partial charge is 0.497 e. The van der Waals surface area contributed by atoms with Crippen LogP contribution < -0.4 is 14.2 Å². The molecule has 1 aliphatic carbocycles. The number of aliphatic imine (C=N–C) groups is 1. The normalized spacial score (nSPS) is 19.1. The molecular formula is C32H26F4N2O3S. The molecule has 0 amide bonds. The summed E-state index contributed by atoms with van der Waals surface area (Å²) in [6, 6.07) is 20.9. The summed E-state index contributed by atoms with van der Waals surface area (Å²) in [5, 5.41) is 2.89. The molecule has 0 radical (unpaired) electrons. The molecule has 3 aliphatic rings. The van der Waals surface area contributed by atoms with Crippen LogP contribution in [-0.4, -0.2) is 30.4 Å². The maximum Gasteiger partial charge on any atom is 0.387 e. The van der Waals surface area contributed by atoms with E-state index >= 15 is 0 Å². The van der Waals surface area contributed by atoms with Gasteiger partial charge in [0.05, 0.1) is 24.5 Å². The third-order valence-electron chi connectivity index (χ3n) is 7.29. The van der Waals surface area contributed by atoms with Crippen LogP contribution in [0.15, 0.2) is 100 Å². The third-order valence-corrected chi connectivity index (χ3v) is 8.13. The standard InChI is InChI=1S/C32H26F4N2O3S/c1-39-23-13-7-20(8-14-23)27-18-42-32-37-28-22(17-19-5-11-24(12-6-19)40-30(33)34)3-2-4-26(28)29(38(27)32)21-9-15-25(16-10-21)41-31(35)36/h5-18,29-31H,2-4H2,1H3/b22-17+/t29-/m0/s1. The molecule has 3 aromatic carbocycles. The van der Waals surface area contributed by atoms with Crippen molar-refractivity contribution in [2.45, 2.75) is 38.5 Å². The molecule has 216 valence electrons. The first-order chi connectivity index (χ1) is 20.4. The van der Waals surface area contributed by atoms with Crippen molar-refractivity contribution in [3.05, 3.63) is 112 Å². The first-order valence-corrected chi connectivity index (χ1v) is 14.2. The van der Waals surface area contributed by atoms with E-state index in [2.05, 4.69) is 19.8 Å². The third kappa shape index (κ3) is 5.76. The minimum absolute atomic E-state index is 0.0952. The summed E-state index contributed by atoms with van der Waals surface area (Å²) in [4.78, 5) is 7.34. The minimum atomic E-state index is -2.90. The number of amidine groups is 1. The molecule has 0 saturated heterocycles. The van der Waals surface area contributed by atoms with Gasteiger partial charge in [0.15, 0.2) is 5.17 Å². The summed E-state index contributed by atoms with van der Waals surface area (Å²) in [5.41, 5.74) is 6.83. The maximum atomic E-state index is 12.8. The zero-order valence-corrected chi connectivity index (χ0v) is 23.3. The first kappa shape index (κ1) is 28.0. The van der Waals surface area contributed by atoms with Crippen molar-refractivity contribution >= 4 is 28.7 Å². The topological polar surface area (TPSA) is 43.3 Å². The van der Waals surface area contributed by atoms with Crippen molar-refractivity contribution in [1.29, 1.82) is 0 Å². The smallest absolute Gasteiger partial charge is 0.387 e. The van der Waals surface area contributed by atoms with E-state index in [1.54, 1.807) is 31.4 Å². The SMILES string of the molecule is COc1ccc(C2=CSC3=NC4=C(CCC/C4=C\c4ccc(OC(F)F)cc4)[C@H](c4ccc(OC(F)F)cc4)N23)cc1. The number of benzene rings is 3. The van der Waals surface area contributed by atoms with Gasteiger partial charge >= 0.3 is 13.2 Å².